The molecule has 1 saturated heterocycles. The Bertz CT molecular complexity index is 1140. The van der Waals surface area contributed by atoms with Gasteiger partial charge in [0.25, 0.3) is 0 Å². The number of aromatic nitrogens is 4. The molecular weight excluding hydrogens is 405 g/mol. The molecule has 4 rings (SSSR count). The smallest absolute Gasteiger partial charge is 0.326 e. The van der Waals surface area contributed by atoms with E-state index in [0.29, 0.717) is 22.4 Å². The Kier molecular flexibility index (Phi) is 5.40. The molecule has 1 aliphatic rings. The third-order valence-electron chi connectivity index (χ3n) is 5.43. The molecule has 31 heavy (non-hydrogen) atoms. The van der Waals surface area contributed by atoms with Crippen LogP contribution in [-0.2, 0) is 16.1 Å². The monoisotopic (exact) mass is 427 g/mol. The van der Waals surface area contributed by atoms with Gasteiger partial charge in [-0.15, -0.1) is 0 Å². The fraction of sp³-hybridized carbons (Fsp3) is 0.381. The maximum Gasteiger partial charge on any atom is 0.326 e. The Balaban J connectivity index is 1.69. The average molecular weight is 427 g/mol. The van der Waals surface area contributed by atoms with Gasteiger partial charge in [0.1, 0.15) is 24.6 Å². The van der Waals surface area contributed by atoms with Crippen molar-refractivity contribution in [1.82, 2.24) is 24.6 Å². The summed E-state index contributed by atoms with van der Waals surface area (Å²) in [6, 6.07) is 4.26. The summed E-state index contributed by atoms with van der Waals surface area (Å²) < 4.78 is 15.2. The number of aliphatic hydroxyl groups is 1. The summed E-state index contributed by atoms with van der Waals surface area (Å²) >= 11 is 0. The number of benzene rings is 1. The average Bonchev–Trinajstić information content (AvgIpc) is 3.29. The number of aliphatic hydroxyl groups excluding tert-OH is 1. The number of hydrogen-bond donors (Lipinski definition) is 2. The first-order valence-corrected chi connectivity index (χ1v) is 9.88. The molecule has 1 fully saturated rings. The molecule has 0 aliphatic carbocycles. The fourth-order valence-electron chi connectivity index (χ4n) is 3.87. The number of halogens is 1. The first-order valence-electron chi connectivity index (χ1n) is 9.88. The molecule has 3 aromatic rings. The highest BCUT2D eigenvalue weighted by Crippen LogP contribution is 2.29. The number of carboxylic acid groups (broad SMARTS) is 1. The lowest BCUT2D eigenvalue weighted by Crippen LogP contribution is -2.42. The van der Waals surface area contributed by atoms with Gasteiger partial charge in [0, 0.05) is 29.8 Å². The van der Waals surface area contributed by atoms with E-state index in [-0.39, 0.29) is 19.5 Å². The minimum Gasteiger partial charge on any atom is -0.480 e. The van der Waals surface area contributed by atoms with Crippen LogP contribution in [0.15, 0.2) is 30.6 Å². The second kappa shape index (κ2) is 8.03. The summed E-state index contributed by atoms with van der Waals surface area (Å²) in [5.74, 6) is -1.11. The fourth-order valence-corrected chi connectivity index (χ4v) is 3.87. The second-order valence-corrected chi connectivity index (χ2v) is 7.70. The van der Waals surface area contributed by atoms with Gasteiger partial charge in [-0.3, -0.25) is 9.48 Å². The molecule has 2 aromatic heterocycles. The van der Waals surface area contributed by atoms with E-state index in [0.717, 1.165) is 16.0 Å². The quantitative estimate of drug-likeness (QED) is 0.638. The van der Waals surface area contributed by atoms with Crippen molar-refractivity contribution in [2.45, 2.75) is 45.1 Å². The summed E-state index contributed by atoms with van der Waals surface area (Å²) in [4.78, 5) is 33.6. The van der Waals surface area contributed by atoms with Crippen molar-refractivity contribution in [3.8, 4) is 11.1 Å². The third-order valence-corrected chi connectivity index (χ3v) is 5.43. The Hall–Kier alpha value is -3.40. The molecule has 162 valence electrons. The molecule has 3 atom stereocenters. The molecule has 0 unspecified atom stereocenters. The van der Waals surface area contributed by atoms with Crippen molar-refractivity contribution in [2.75, 3.05) is 6.54 Å². The normalized spacial score (nSPS) is 19.7. The highest BCUT2D eigenvalue weighted by Gasteiger charge is 2.40. The highest BCUT2D eigenvalue weighted by molar-refractivity contribution is 5.89. The minimum absolute atomic E-state index is 0.220. The molecule has 0 bridgehead atoms. The topological polar surface area (TPSA) is 121 Å². The summed E-state index contributed by atoms with van der Waals surface area (Å²) in [7, 11) is 0. The lowest BCUT2D eigenvalue weighted by molar-refractivity contribution is -0.148. The molecule has 2 N–H and O–H groups in total. The van der Waals surface area contributed by atoms with Gasteiger partial charge in [-0.05, 0) is 31.5 Å². The lowest BCUT2D eigenvalue weighted by Gasteiger charge is -2.21. The molecule has 9 nitrogen and oxygen atoms in total. The molecule has 0 saturated carbocycles. The number of aryl methyl sites for hydroxylation is 1. The zero-order valence-electron chi connectivity index (χ0n) is 17.1. The summed E-state index contributed by atoms with van der Waals surface area (Å²) in [5, 5.41) is 24.5. The molecule has 10 heteroatoms. The van der Waals surface area contributed by atoms with Crippen LogP contribution in [0, 0.1) is 6.92 Å². The first-order chi connectivity index (χ1) is 14.7. The summed E-state index contributed by atoms with van der Waals surface area (Å²) in [6.07, 6.45) is 0.921. The van der Waals surface area contributed by atoms with Crippen LogP contribution in [0.1, 0.15) is 31.0 Å². The predicted octanol–water partition coefficient (Wildman–Crippen LogP) is 1.88. The Labute approximate surface area is 177 Å². The van der Waals surface area contributed by atoms with Crippen LogP contribution in [0.2, 0.25) is 0 Å². The van der Waals surface area contributed by atoms with E-state index < -0.39 is 30.2 Å². The van der Waals surface area contributed by atoms with Crippen LogP contribution in [0.25, 0.3) is 22.0 Å². The number of fused-ring (bicyclic) bond motifs is 1. The molecule has 1 aliphatic heterocycles. The SMILES string of the molecule is Cc1ncc(-c2ccc3c(c2)c([C@@H](C)O)nn3CC(=O)N2C[C@H](F)C[C@H]2C(=O)O)cn1. The maximum atomic E-state index is 13.8. The predicted molar refractivity (Wildman–Crippen MR) is 109 cm³/mol. The van der Waals surface area contributed by atoms with Crippen LogP contribution in [0.3, 0.4) is 0 Å². The highest BCUT2D eigenvalue weighted by atomic mass is 19.1. The van der Waals surface area contributed by atoms with Crippen molar-refractivity contribution in [2.24, 2.45) is 0 Å². The number of alkyl halides is 1. The van der Waals surface area contributed by atoms with Gasteiger partial charge in [-0.2, -0.15) is 5.10 Å². The Morgan fingerprint density at radius 2 is 1.97 bits per heavy atom. The van der Waals surface area contributed by atoms with Gasteiger partial charge in [-0.1, -0.05) is 6.07 Å². The number of hydrogen-bond acceptors (Lipinski definition) is 6. The third kappa shape index (κ3) is 3.98. The van der Waals surface area contributed by atoms with E-state index >= 15 is 0 Å². The number of amides is 1. The van der Waals surface area contributed by atoms with Gasteiger partial charge in [-0.25, -0.2) is 19.2 Å². The van der Waals surface area contributed by atoms with Gasteiger partial charge in [0.15, 0.2) is 0 Å². The van der Waals surface area contributed by atoms with Crippen molar-refractivity contribution in [3.05, 3.63) is 42.1 Å². The standard InChI is InChI=1S/C21H22FN5O4/c1-11(28)20-16-5-13(14-7-23-12(2)24-8-14)3-4-17(16)27(25-20)10-19(29)26-9-15(22)6-18(26)21(30)31/h3-5,7-8,11,15,18,28H,6,9-10H2,1-2H3,(H,30,31)/t11-,15-,18+/m1/s1. The lowest BCUT2D eigenvalue weighted by atomic mass is 10.0. The van der Waals surface area contributed by atoms with Crippen molar-refractivity contribution in [3.63, 3.8) is 0 Å². The summed E-state index contributed by atoms with van der Waals surface area (Å²) in [6.45, 7) is 2.85. The first kappa shape index (κ1) is 20.9. The summed E-state index contributed by atoms with van der Waals surface area (Å²) in [5.41, 5.74) is 2.61. The molecule has 1 aromatic carbocycles. The molecule has 0 spiro atoms. The van der Waals surface area contributed by atoms with Gasteiger partial charge >= 0.3 is 5.97 Å². The number of carbonyl (C=O) groups excluding carboxylic acids is 1. The molecular formula is C21H22FN5O4. The van der Waals surface area contributed by atoms with E-state index in [1.807, 2.05) is 12.1 Å². The van der Waals surface area contributed by atoms with Crippen molar-refractivity contribution in [1.29, 1.82) is 0 Å². The van der Waals surface area contributed by atoms with E-state index in [1.54, 1.807) is 32.3 Å². The number of nitrogens with zero attached hydrogens (tertiary/aromatic N) is 5. The number of likely N-dealkylation sites (tertiary alicyclic amines) is 1. The van der Waals surface area contributed by atoms with Crippen LogP contribution < -0.4 is 0 Å². The van der Waals surface area contributed by atoms with Crippen LogP contribution in [0.4, 0.5) is 4.39 Å². The largest absolute Gasteiger partial charge is 0.480 e. The van der Waals surface area contributed by atoms with Crippen LogP contribution in [-0.4, -0.2) is 65.5 Å². The molecule has 3 heterocycles. The maximum absolute atomic E-state index is 13.8. The second-order valence-electron chi connectivity index (χ2n) is 7.70. The van der Waals surface area contributed by atoms with Crippen molar-refractivity contribution >= 4 is 22.8 Å². The van der Waals surface area contributed by atoms with Crippen molar-refractivity contribution < 1.29 is 24.2 Å². The number of rotatable bonds is 5. The van der Waals surface area contributed by atoms with E-state index in [4.69, 9.17) is 0 Å². The molecule has 1 amide bonds. The van der Waals surface area contributed by atoms with Crippen LogP contribution >= 0.6 is 0 Å². The van der Waals surface area contributed by atoms with E-state index in [2.05, 4.69) is 15.1 Å². The molecule has 0 radical (unpaired) electrons. The van der Waals surface area contributed by atoms with Gasteiger partial charge < -0.3 is 15.1 Å². The number of carbonyl (C=O) groups is 2. The number of aliphatic carboxylic acids is 1. The van der Waals surface area contributed by atoms with Gasteiger partial charge in [0.05, 0.1) is 23.9 Å². The minimum atomic E-state index is -1.37. The zero-order chi connectivity index (χ0) is 22.3. The van der Waals surface area contributed by atoms with E-state index in [9.17, 15) is 24.2 Å². The van der Waals surface area contributed by atoms with E-state index in [1.165, 1.54) is 4.68 Å². The Morgan fingerprint density at radius 1 is 1.26 bits per heavy atom. The van der Waals surface area contributed by atoms with Gasteiger partial charge in [0.2, 0.25) is 5.91 Å². The van der Waals surface area contributed by atoms with Crippen LogP contribution in [0.5, 0.6) is 0 Å². The zero-order valence-corrected chi connectivity index (χ0v) is 17.1. The Morgan fingerprint density at radius 3 is 2.61 bits per heavy atom. The number of carboxylic acids is 1.